The lowest BCUT2D eigenvalue weighted by Crippen LogP contribution is -2.41. The lowest BCUT2D eigenvalue weighted by molar-refractivity contribution is 0.0987. The number of piperidine rings is 1. The molecule has 3 rings (SSSR count). The molecular weight excluding hydrogens is 339 g/mol. The number of ether oxygens (including phenoxy) is 1. The number of methoxy groups -OCH3 is 1. The van der Waals surface area contributed by atoms with Gasteiger partial charge in [0, 0.05) is 38.9 Å². The van der Waals surface area contributed by atoms with Crippen molar-refractivity contribution in [1.82, 2.24) is 9.80 Å². The van der Waals surface area contributed by atoms with Gasteiger partial charge in [0.2, 0.25) is 0 Å². The van der Waals surface area contributed by atoms with E-state index in [0.717, 1.165) is 50.2 Å². The molecule has 1 saturated heterocycles. The number of benzene rings is 1. The molecule has 0 amide bonds. The van der Waals surface area contributed by atoms with Crippen LogP contribution in [0.1, 0.15) is 37.7 Å². The fourth-order valence-corrected chi connectivity index (χ4v) is 4.42. The number of nitrogens with zero attached hydrogens (tertiary/aromatic N) is 2. The first-order chi connectivity index (χ1) is 13.2. The molecule has 27 heavy (non-hydrogen) atoms. The van der Waals surface area contributed by atoms with E-state index in [0.29, 0.717) is 0 Å². The normalized spacial score (nSPS) is 21.8. The molecule has 1 heterocycles. The summed E-state index contributed by atoms with van der Waals surface area (Å²) in [7, 11) is 1.79. The molecule has 1 aliphatic heterocycles. The van der Waals surface area contributed by atoms with E-state index in [9.17, 15) is 4.39 Å². The standard InChI is InChI=1S/C23H35FN2O/c1-27-16-15-26(17-20-7-3-2-4-8-20)18-21-11-13-25(14-12-21)19-22-9-5-6-10-23(22)24/h2-3,5-6,9-10,20-21H,4,7-8,11-19H2,1H3/t20-/m0/s1. The van der Waals surface area contributed by atoms with Crippen molar-refractivity contribution >= 4 is 0 Å². The highest BCUT2D eigenvalue weighted by molar-refractivity contribution is 5.17. The summed E-state index contributed by atoms with van der Waals surface area (Å²) in [5.41, 5.74) is 0.822. The number of allylic oxidation sites excluding steroid dienone is 2. The molecule has 1 atom stereocenters. The Hall–Kier alpha value is -1.23. The van der Waals surface area contributed by atoms with E-state index < -0.39 is 0 Å². The molecule has 1 aliphatic carbocycles. The molecule has 0 aromatic heterocycles. The van der Waals surface area contributed by atoms with Crippen LogP contribution < -0.4 is 0 Å². The summed E-state index contributed by atoms with van der Waals surface area (Å²) in [4.78, 5) is 5.03. The molecule has 1 aromatic rings. The zero-order chi connectivity index (χ0) is 18.9. The summed E-state index contributed by atoms with van der Waals surface area (Å²) in [6.07, 6.45) is 10.9. The van der Waals surface area contributed by atoms with Crippen molar-refractivity contribution in [3.63, 3.8) is 0 Å². The van der Waals surface area contributed by atoms with Gasteiger partial charge < -0.3 is 9.64 Å². The van der Waals surface area contributed by atoms with Crippen molar-refractivity contribution in [1.29, 1.82) is 0 Å². The third-order valence-corrected chi connectivity index (χ3v) is 6.08. The van der Waals surface area contributed by atoms with E-state index in [2.05, 4.69) is 22.0 Å². The van der Waals surface area contributed by atoms with Crippen LogP contribution in [-0.2, 0) is 11.3 Å². The molecule has 0 unspecified atom stereocenters. The van der Waals surface area contributed by atoms with Crippen LogP contribution in [0.2, 0.25) is 0 Å². The molecule has 0 radical (unpaired) electrons. The van der Waals surface area contributed by atoms with Crippen molar-refractivity contribution in [3.05, 3.63) is 47.8 Å². The zero-order valence-electron chi connectivity index (χ0n) is 16.8. The van der Waals surface area contributed by atoms with Crippen LogP contribution in [0.3, 0.4) is 0 Å². The Balaban J connectivity index is 1.45. The molecule has 0 saturated carbocycles. The highest BCUT2D eigenvalue weighted by Gasteiger charge is 2.23. The van der Waals surface area contributed by atoms with E-state index in [-0.39, 0.29) is 5.82 Å². The maximum atomic E-state index is 13.9. The van der Waals surface area contributed by atoms with Crippen molar-refractivity contribution in [2.24, 2.45) is 11.8 Å². The van der Waals surface area contributed by atoms with Gasteiger partial charge in [-0.1, -0.05) is 30.4 Å². The van der Waals surface area contributed by atoms with Gasteiger partial charge >= 0.3 is 0 Å². The average molecular weight is 375 g/mol. The summed E-state index contributed by atoms with van der Waals surface area (Å²) in [6.45, 7) is 7.11. The fraction of sp³-hybridized carbons (Fsp3) is 0.652. The second-order valence-corrected chi connectivity index (χ2v) is 8.21. The van der Waals surface area contributed by atoms with Crippen molar-refractivity contribution < 1.29 is 9.13 Å². The maximum Gasteiger partial charge on any atom is 0.127 e. The number of halogens is 1. The molecule has 1 aromatic carbocycles. The minimum Gasteiger partial charge on any atom is -0.383 e. The Kier molecular flexibility index (Phi) is 8.31. The molecule has 4 heteroatoms. The third-order valence-electron chi connectivity index (χ3n) is 6.08. The summed E-state index contributed by atoms with van der Waals surface area (Å²) in [5.74, 6) is 1.47. The quantitative estimate of drug-likeness (QED) is 0.598. The van der Waals surface area contributed by atoms with E-state index in [1.165, 1.54) is 45.2 Å². The predicted octanol–water partition coefficient (Wildman–Crippen LogP) is 4.34. The van der Waals surface area contributed by atoms with Gasteiger partial charge in [-0.2, -0.15) is 0 Å². The van der Waals surface area contributed by atoms with Gasteiger partial charge in [-0.15, -0.1) is 0 Å². The topological polar surface area (TPSA) is 15.7 Å². The number of rotatable bonds is 9. The summed E-state index contributed by atoms with van der Waals surface area (Å²) in [6, 6.07) is 7.17. The number of hydrogen-bond donors (Lipinski definition) is 0. The molecule has 0 N–H and O–H groups in total. The second-order valence-electron chi connectivity index (χ2n) is 8.21. The van der Waals surface area contributed by atoms with Crippen LogP contribution >= 0.6 is 0 Å². The Labute approximate surface area is 164 Å². The SMILES string of the molecule is COCCN(CC1CCN(Cc2ccccc2F)CC1)C[C@H]1CC=CCC1. The van der Waals surface area contributed by atoms with Gasteiger partial charge in [-0.25, -0.2) is 4.39 Å². The van der Waals surface area contributed by atoms with Crippen molar-refractivity contribution in [2.45, 2.75) is 38.6 Å². The van der Waals surface area contributed by atoms with Crippen LogP contribution in [0.5, 0.6) is 0 Å². The predicted molar refractivity (Wildman–Crippen MR) is 109 cm³/mol. The van der Waals surface area contributed by atoms with Gasteiger partial charge in [0.1, 0.15) is 5.82 Å². The van der Waals surface area contributed by atoms with Crippen LogP contribution in [-0.4, -0.2) is 56.2 Å². The van der Waals surface area contributed by atoms with Gasteiger partial charge in [-0.05, 0) is 63.1 Å². The molecule has 0 bridgehead atoms. The van der Waals surface area contributed by atoms with Gasteiger partial charge in [0.05, 0.1) is 6.61 Å². The maximum absolute atomic E-state index is 13.9. The van der Waals surface area contributed by atoms with Gasteiger partial charge in [0.25, 0.3) is 0 Å². The average Bonchev–Trinajstić information content (AvgIpc) is 2.70. The third kappa shape index (κ3) is 6.70. The minimum absolute atomic E-state index is 0.0769. The van der Waals surface area contributed by atoms with E-state index in [1.54, 1.807) is 19.2 Å². The van der Waals surface area contributed by atoms with Crippen molar-refractivity contribution in [2.75, 3.05) is 46.4 Å². The lowest BCUT2D eigenvalue weighted by atomic mass is 9.92. The highest BCUT2D eigenvalue weighted by atomic mass is 19.1. The highest BCUT2D eigenvalue weighted by Crippen LogP contribution is 2.23. The molecular formula is C23H35FN2O. The Morgan fingerprint density at radius 3 is 2.56 bits per heavy atom. The first-order valence-electron chi connectivity index (χ1n) is 10.6. The Morgan fingerprint density at radius 1 is 1.07 bits per heavy atom. The van der Waals surface area contributed by atoms with Gasteiger partial charge in [-0.3, -0.25) is 4.90 Å². The molecule has 150 valence electrons. The fourth-order valence-electron chi connectivity index (χ4n) is 4.42. The lowest BCUT2D eigenvalue weighted by Gasteiger charge is -2.36. The molecule has 1 fully saturated rings. The Bertz CT molecular complexity index is 583. The zero-order valence-corrected chi connectivity index (χ0v) is 16.8. The minimum atomic E-state index is -0.0769. The Morgan fingerprint density at radius 2 is 1.85 bits per heavy atom. The second kappa shape index (κ2) is 10.9. The van der Waals surface area contributed by atoms with Crippen LogP contribution in [0.25, 0.3) is 0 Å². The molecule has 0 spiro atoms. The van der Waals surface area contributed by atoms with Crippen LogP contribution in [0, 0.1) is 17.7 Å². The number of hydrogen-bond acceptors (Lipinski definition) is 3. The summed E-state index contributed by atoms with van der Waals surface area (Å²) in [5, 5.41) is 0. The molecule has 2 aliphatic rings. The van der Waals surface area contributed by atoms with Crippen LogP contribution in [0.15, 0.2) is 36.4 Å². The number of likely N-dealkylation sites (tertiary alicyclic amines) is 1. The van der Waals surface area contributed by atoms with E-state index in [1.807, 2.05) is 12.1 Å². The first-order valence-corrected chi connectivity index (χ1v) is 10.6. The first kappa shape index (κ1) is 20.5. The van der Waals surface area contributed by atoms with E-state index >= 15 is 0 Å². The van der Waals surface area contributed by atoms with Gasteiger partial charge in [0.15, 0.2) is 0 Å². The smallest absolute Gasteiger partial charge is 0.127 e. The summed E-state index contributed by atoms with van der Waals surface area (Å²) < 4.78 is 19.2. The monoisotopic (exact) mass is 374 g/mol. The van der Waals surface area contributed by atoms with Crippen LogP contribution in [0.4, 0.5) is 4.39 Å². The van der Waals surface area contributed by atoms with Crippen molar-refractivity contribution in [3.8, 4) is 0 Å². The summed E-state index contributed by atoms with van der Waals surface area (Å²) >= 11 is 0. The largest absolute Gasteiger partial charge is 0.383 e. The van der Waals surface area contributed by atoms with E-state index in [4.69, 9.17) is 4.74 Å². The molecule has 3 nitrogen and oxygen atoms in total.